The predicted octanol–water partition coefficient (Wildman–Crippen LogP) is -0.243. The maximum Gasteiger partial charge on any atom is 2.00 e. The summed E-state index contributed by atoms with van der Waals surface area (Å²) < 4.78 is 7.81. The molecule has 0 saturated carbocycles. The van der Waals surface area contributed by atoms with Crippen molar-refractivity contribution < 1.29 is 44.7 Å². The van der Waals surface area contributed by atoms with Gasteiger partial charge in [0.15, 0.2) is 0 Å². The molecule has 0 fully saturated rings. The van der Waals surface area contributed by atoms with Crippen molar-refractivity contribution >= 4 is 0 Å². The van der Waals surface area contributed by atoms with Gasteiger partial charge in [0.2, 0.25) is 0 Å². The fourth-order valence-electron chi connectivity index (χ4n) is 0. The summed E-state index contributed by atoms with van der Waals surface area (Å²) in [6.07, 6.45) is 0. The maximum absolute atomic E-state index is 7.81. The normalized spacial score (nSPS) is 1.50. The molecule has 0 heterocycles. The fraction of sp³-hybridized carbons (Fsp3) is 0. The van der Waals surface area contributed by atoms with Gasteiger partial charge in [-0.3, -0.25) is 0 Å². The average molecular weight is 161 g/mol. The monoisotopic (exact) mass is 159 g/mol. The van der Waals surface area contributed by atoms with Gasteiger partial charge in [0, 0.05) is 0 Å². The van der Waals surface area contributed by atoms with Gasteiger partial charge in [-0.2, -0.15) is 0 Å². The second-order valence-corrected chi connectivity index (χ2v) is 0. The van der Waals surface area contributed by atoms with Crippen molar-refractivity contribution in [1.29, 1.82) is 0 Å². The van der Waals surface area contributed by atoms with Crippen LogP contribution in [-0.2, 0) is 44.7 Å². The molecule has 0 spiro atoms. The van der Waals surface area contributed by atoms with Crippen LogP contribution < -0.4 is 0 Å². The minimum atomic E-state index is 0. The molecular weight excluding hydrogens is 161 g/mol. The van der Waals surface area contributed by atoms with Crippen molar-refractivity contribution in [2.75, 3.05) is 0 Å². The molecule has 2 nitrogen and oxygen atoms in total. The molecule has 0 bridgehead atoms. The van der Waals surface area contributed by atoms with Crippen LogP contribution in [0.2, 0.25) is 0 Å². The number of rotatable bonds is 0. The van der Waals surface area contributed by atoms with Crippen molar-refractivity contribution in [2.45, 2.75) is 0 Å². The standard InChI is InChI=1S/Cu.2O.Zn/q;;-2;+2. The molecule has 0 N–H and O–H groups in total. The zero-order valence-corrected chi connectivity index (χ0v) is 5.73. The van der Waals surface area contributed by atoms with Crippen molar-refractivity contribution in [3.63, 3.8) is 0 Å². The molecule has 0 aliphatic heterocycles. The third-order valence-corrected chi connectivity index (χ3v) is 0. The van der Waals surface area contributed by atoms with Crippen LogP contribution in [0.5, 0.6) is 0 Å². The van der Waals surface area contributed by atoms with E-state index in [-0.39, 0.29) is 25.0 Å². The molecule has 4 heteroatoms. The van der Waals surface area contributed by atoms with Crippen LogP contribution in [0.3, 0.4) is 0 Å². The smallest absolute Gasteiger partial charge is 2.00 e. The van der Waals surface area contributed by atoms with Crippen LogP contribution in [-0.4, -0.2) is 0 Å². The van der Waals surface area contributed by atoms with E-state index in [1.807, 2.05) is 0 Å². The molecule has 0 rings (SSSR count). The van der Waals surface area contributed by atoms with Crippen LogP contribution in [0.1, 0.15) is 0 Å². The Labute approximate surface area is 45.0 Å². The molecule has 0 aromatic heterocycles. The van der Waals surface area contributed by atoms with Crippen molar-refractivity contribution in [3.8, 4) is 0 Å². The van der Waals surface area contributed by atoms with Gasteiger partial charge in [-0.1, -0.05) is 0 Å². The van der Waals surface area contributed by atoms with Gasteiger partial charge in [-0.05, 0) is 0 Å². The SMILES string of the molecule is [O-2].[O]=[Cu].[Zn+2]. The molecule has 0 aliphatic carbocycles. The topological polar surface area (TPSA) is 45.6 Å². The van der Waals surface area contributed by atoms with Crippen LogP contribution in [0.15, 0.2) is 0 Å². The second-order valence-electron chi connectivity index (χ2n) is 0. The molecule has 0 aromatic carbocycles. The molecule has 0 radical (unpaired) electrons. The van der Waals surface area contributed by atoms with Gasteiger partial charge in [-0.15, -0.1) is 0 Å². The Balaban J connectivity index is -0.00000000500. The summed E-state index contributed by atoms with van der Waals surface area (Å²) in [6, 6.07) is 0. The van der Waals surface area contributed by atoms with Crippen molar-refractivity contribution in [3.05, 3.63) is 0 Å². The minimum absolute atomic E-state index is 0. The van der Waals surface area contributed by atoms with E-state index in [9.17, 15) is 0 Å². The van der Waals surface area contributed by atoms with E-state index in [1.54, 1.807) is 0 Å². The van der Waals surface area contributed by atoms with Crippen LogP contribution in [0, 0.1) is 0 Å². The quantitative estimate of drug-likeness (QED) is 0.452. The van der Waals surface area contributed by atoms with Crippen LogP contribution >= 0.6 is 0 Å². The molecular formula is CuO2Zn. The predicted molar refractivity (Wildman–Crippen MR) is 1.37 cm³/mol. The molecule has 0 amide bonds. The average Bonchev–Trinajstić information content (AvgIpc) is 1.00. The van der Waals surface area contributed by atoms with Crippen LogP contribution in [0.4, 0.5) is 0 Å². The Morgan fingerprint density at radius 2 is 1.25 bits per heavy atom. The third-order valence-electron chi connectivity index (χ3n) is 0. The Bertz CT molecular complexity index is 6.00. The molecule has 0 aliphatic rings. The van der Waals surface area contributed by atoms with E-state index in [0.29, 0.717) is 0 Å². The summed E-state index contributed by atoms with van der Waals surface area (Å²) in [5.41, 5.74) is 0. The molecule has 0 unspecified atom stereocenters. The van der Waals surface area contributed by atoms with Gasteiger partial charge < -0.3 is 5.48 Å². The van der Waals surface area contributed by atoms with E-state index in [2.05, 4.69) is 15.9 Å². The molecule has 0 atom stereocenters. The summed E-state index contributed by atoms with van der Waals surface area (Å²) in [5.74, 6) is 0. The molecule has 4 heavy (non-hydrogen) atoms. The van der Waals surface area contributed by atoms with Crippen molar-refractivity contribution in [2.24, 2.45) is 0 Å². The van der Waals surface area contributed by atoms with E-state index in [0.717, 1.165) is 0 Å². The summed E-state index contributed by atoms with van der Waals surface area (Å²) in [5, 5.41) is 0. The van der Waals surface area contributed by atoms with Gasteiger partial charge in [0.25, 0.3) is 0 Å². The Hall–Kier alpha value is 0.903. The van der Waals surface area contributed by atoms with Gasteiger partial charge in [-0.25, -0.2) is 0 Å². The largest absolute Gasteiger partial charge is 2.00 e. The summed E-state index contributed by atoms with van der Waals surface area (Å²) in [7, 11) is 0. The minimum Gasteiger partial charge on any atom is 2.00 e. The molecule has 25 valence electrons. The second kappa shape index (κ2) is 40.3. The zero-order chi connectivity index (χ0) is 2.00. The van der Waals surface area contributed by atoms with E-state index in [1.165, 1.54) is 0 Å². The molecule has 0 aromatic rings. The number of hydrogen-bond acceptors (Lipinski definition) is 1. The maximum atomic E-state index is 7.81. The summed E-state index contributed by atoms with van der Waals surface area (Å²) >= 11 is 2.94. The first-order valence-electron chi connectivity index (χ1n) is 0.123. The Morgan fingerprint density at radius 1 is 1.25 bits per heavy atom. The third kappa shape index (κ3) is 12.9. The van der Waals surface area contributed by atoms with Crippen LogP contribution in [0.25, 0.3) is 0 Å². The zero-order valence-electron chi connectivity index (χ0n) is 1.83. The summed E-state index contributed by atoms with van der Waals surface area (Å²) in [4.78, 5) is 0. The molecule has 0 saturated heterocycles. The van der Waals surface area contributed by atoms with Gasteiger partial charge >= 0.3 is 39.3 Å². The summed E-state index contributed by atoms with van der Waals surface area (Å²) in [6.45, 7) is 0. The van der Waals surface area contributed by atoms with Gasteiger partial charge in [0.1, 0.15) is 0 Å². The van der Waals surface area contributed by atoms with E-state index in [4.69, 9.17) is 3.83 Å². The van der Waals surface area contributed by atoms with Gasteiger partial charge in [0.05, 0.1) is 0 Å². The van der Waals surface area contributed by atoms with E-state index >= 15 is 0 Å². The number of hydrogen-bond donors (Lipinski definition) is 0. The van der Waals surface area contributed by atoms with Crippen molar-refractivity contribution in [1.82, 2.24) is 0 Å². The Morgan fingerprint density at radius 3 is 1.25 bits per heavy atom. The first-order chi connectivity index (χ1) is 1.00. The first kappa shape index (κ1) is 20.6. The van der Waals surface area contributed by atoms with E-state index < -0.39 is 0 Å². The Kier molecular flexibility index (Phi) is 208. The first-order valence-corrected chi connectivity index (χ1v) is 0.508. The fourth-order valence-corrected chi connectivity index (χ4v) is 0.